The predicted octanol–water partition coefficient (Wildman–Crippen LogP) is 1.98. The summed E-state index contributed by atoms with van der Waals surface area (Å²) in [4.78, 5) is 25.8. The Bertz CT molecular complexity index is 1220. The van der Waals surface area contributed by atoms with Gasteiger partial charge in [0.05, 0.1) is 12.8 Å². The number of hydrogen-bond acceptors (Lipinski definition) is 7. The van der Waals surface area contributed by atoms with Crippen LogP contribution in [0.25, 0.3) is 0 Å². The first kappa shape index (κ1) is 27.0. The van der Waals surface area contributed by atoms with E-state index in [0.717, 1.165) is 31.6 Å². The van der Waals surface area contributed by atoms with Crippen LogP contribution in [0.3, 0.4) is 0 Å². The number of carboxylic acid groups (broad SMARTS) is 1. The molecule has 194 valence electrons. The second-order valence-corrected chi connectivity index (χ2v) is 10.3. The second kappa shape index (κ2) is 11.4. The fourth-order valence-electron chi connectivity index (χ4n) is 4.09. The Balaban J connectivity index is 1.62. The molecule has 2 aromatic carbocycles. The van der Waals surface area contributed by atoms with Gasteiger partial charge in [-0.1, -0.05) is 6.07 Å². The van der Waals surface area contributed by atoms with Crippen LogP contribution < -0.4 is 25.4 Å². The number of carbonyl (C=O) groups excluding carboxylic acids is 1. The highest BCUT2D eigenvalue weighted by Gasteiger charge is 2.27. The Morgan fingerprint density at radius 3 is 2.39 bits per heavy atom. The molecule has 0 unspecified atom stereocenters. The monoisotopic (exact) mass is 517 g/mol. The summed E-state index contributed by atoms with van der Waals surface area (Å²) in [5.74, 6) is -1.47. The summed E-state index contributed by atoms with van der Waals surface area (Å²) in [6.07, 6.45) is 1.89. The number of anilines is 2. The number of nitrogen functional groups attached to an aromatic ring is 1. The van der Waals surface area contributed by atoms with Gasteiger partial charge >= 0.3 is 5.97 Å². The number of sulfonamides is 1. The highest BCUT2D eigenvalue weighted by Crippen LogP contribution is 2.33. The van der Waals surface area contributed by atoms with Crippen molar-refractivity contribution in [3.8, 4) is 5.75 Å². The standard InChI is InChI=1S/C24H31N5O6S/c1-15(24(31)32)28-36(33,34)20-5-3-4-19(22(20)35-2)27-21(30)14-16-10-12-29(13-11-16)18-8-6-17(7-9-18)23(25)26/h3-9,15-16,28H,10-14H2,1-2H3,(H3,25,26)(H,27,30)(H,31,32)/t15-/m0/s1. The SMILES string of the molecule is COc1c(NC(=O)CC2CCN(c3ccc(C(=N)N)cc3)CC2)cccc1S(=O)(=O)N[C@@H](C)C(=O)O. The second-order valence-electron chi connectivity index (χ2n) is 8.66. The summed E-state index contributed by atoms with van der Waals surface area (Å²) >= 11 is 0. The summed E-state index contributed by atoms with van der Waals surface area (Å²) in [7, 11) is -2.92. The number of benzene rings is 2. The number of piperidine rings is 1. The van der Waals surface area contributed by atoms with Crippen LogP contribution in [-0.4, -0.2) is 57.5 Å². The van der Waals surface area contributed by atoms with E-state index in [1.807, 2.05) is 24.3 Å². The third-order valence-electron chi connectivity index (χ3n) is 6.08. The zero-order valence-corrected chi connectivity index (χ0v) is 21.0. The summed E-state index contributed by atoms with van der Waals surface area (Å²) in [5.41, 5.74) is 7.41. The molecule has 0 bridgehead atoms. The lowest BCUT2D eigenvalue weighted by atomic mass is 9.92. The largest absolute Gasteiger partial charge is 0.493 e. The number of carboxylic acids is 1. The van der Waals surface area contributed by atoms with Crippen molar-refractivity contribution >= 4 is 39.1 Å². The highest BCUT2D eigenvalue weighted by atomic mass is 32.2. The lowest BCUT2D eigenvalue weighted by Crippen LogP contribution is -2.38. The molecule has 1 fully saturated rings. The number of amides is 1. The summed E-state index contributed by atoms with van der Waals surface area (Å²) < 4.78 is 32.7. The third kappa shape index (κ3) is 6.52. The van der Waals surface area contributed by atoms with Crippen molar-refractivity contribution in [2.24, 2.45) is 11.7 Å². The topological polar surface area (TPSA) is 175 Å². The molecule has 36 heavy (non-hydrogen) atoms. The normalized spacial score (nSPS) is 15.2. The molecule has 3 rings (SSSR count). The number of ether oxygens (including phenoxy) is 1. The van der Waals surface area contributed by atoms with Crippen molar-refractivity contribution in [1.82, 2.24) is 4.72 Å². The van der Waals surface area contributed by atoms with Crippen LogP contribution in [0.4, 0.5) is 11.4 Å². The van der Waals surface area contributed by atoms with Gasteiger partial charge < -0.3 is 25.8 Å². The van der Waals surface area contributed by atoms with Crippen molar-refractivity contribution in [2.75, 3.05) is 30.4 Å². The van der Waals surface area contributed by atoms with E-state index < -0.39 is 22.0 Å². The van der Waals surface area contributed by atoms with Crippen molar-refractivity contribution < 1.29 is 27.9 Å². The van der Waals surface area contributed by atoms with Crippen LogP contribution in [0.1, 0.15) is 31.7 Å². The van der Waals surface area contributed by atoms with Crippen LogP contribution in [0.2, 0.25) is 0 Å². The van der Waals surface area contributed by atoms with Crippen LogP contribution >= 0.6 is 0 Å². The molecular formula is C24H31N5O6S. The molecule has 0 saturated carbocycles. The minimum absolute atomic E-state index is 0.0251. The number of aliphatic carboxylic acids is 1. The first-order chi connectivity index (χ1) is 17.0. The van der Waals surface area contributed by atoms with E-state index in [-0.39, 0.29) is 40.4 Å². The molecule has 0 aliphatic carbocycles. The first-order valence-electron chi connectivity index (χ1n) is 11.4. The zero-order chi connectivity index (χ0) is 26.5. The van der Waals surface area contributed by atoms with Gasteiger partial charge in [-0.3, -0.25) is 15.0 Å². The average molecular weight is 518 g/mol. The Morgan fingerprint density at radius 2 is 1.83 bits per heavy atom. The molecular weight excluding hydrogens is 486 g/mol. The molecule has 1 aliphatic heterocycles. The minimum atomic E-state index is -4.20. The van der Waals surface area contributed by atoms with Crippen molar-refractivity contribution in [3.05, 3.63) is 48.0 Å². The van der Waals surface area contributed by atoms with E-state index in [1.165, 1.54) is 32.2 Å². The molecule has 1 saturated heterocycles. The number of carbonyl (C=O) groups is 2. The Labute approximate surface area is 210 Å². The van der Waals surface area contributed by atoms with Crippen molar-refractivity contribution in [2.45, 2.75) is 37.1 Å². The Hall–Kier alpha value is -3.64. The molecule has 1 aliphatic rings. The van der Waals surface area contributed by atoms with Crippen LogP contribution in [0, 0.1) is 11.3 Å². The Morgan fingerprint density at radius 1 is 1.19 bits per heavy atom. The molecule has 2 aromatic rings. The number of para-hydroxylation sites is 1. The lowest BCUT2D eigenvalue weighted by Gasteiger charge is -2.33. The molecule has 12 heteroatoms. The quantitative estimate of drug-likeness (QED) is 0.235. The minimum Gasteiger partial charge on any atom is -0.493 e. The molecule has 0 radical (unpaired) electrons. The summed E-state index contributed by atoms with van der Waals surface area (Å²) in [6.45, 7) is 2.77. The smallest absolute Gasteiger partial charge is 0.321 e. The molecule has 0 spiro atoms. The number of nitrogens with zero attached hydrogens (tertiary/aromatic N) is 1. The maximum absolute atomic E-state index is 12.8. The van der Waals surface area contributed by atoms with E-state index >= 15 is 0 Å². The van der Waals surface area contributed by atoms with E-state index in [4.69, 9.17) is 21.0 Å². The third-order valence-corrected chi connectivity index (χ3v) is 7.65. The zero-order valence-electron chi connectivity index (χ0n) is 20.2. The fraction of sp³-hybridized carbons (Fsp3) is 0.375. The fourth-order valence-corrected chi connectivity index (χ4v) is 5.48. The van der Waals surface area contributed by atoms with Crippen LogP contribution in [-0.2, 0) is 19.6 Å². The molecule has 1 atom stereocenters. The number of nitrogens with two attached hydrogens (primary N) is 1. The van der Waals surface area contributed by atoms with Gasteiger partial charge in [-0.15, -0.1) is 0 Å². The number of rotatable bonds is 10. The maximum atomic E-state index is 12.8. The number of hydrogen-bond donors (Lipinski definition) is 5. The van der Waals surface area contributed by atoms with Gasteiger partial charge in [0.1, 0.15) is 16.8 Å². The van der Waals surface area contributed by atoms with Crippen molar-refractivity contribution in [3.63, 3.8) is 0 Å². The van der Waals surface area contributed by atoms with Gasteiger partial charge in [0.2, 0.25) is 15.9 Å². The molecule has 1 amide bonds. The highest BCUT2D eigenvalue weighted by molar-refractivity contribution is 7.89. The maximum Gasteiger partial charge on any atom is 0.321 e. The number of methoxy groups -OCH3 is 1. The van der Waals surface area contributed by atoms with E-state index in [9.17, 15) is 18.0 Å². The predicted molar refractivity (Wildman–Crippen MR) is 136 cm³/mol. The van der Waals surface area contributed by atoms with Crippen molar-refractivity contribution in [1.29, 1.82) is 5.41 Å². The Kier molecular flexibility index (Phi) is 8.53. The van der Waals surface area contributed by atoms with Crippen LogP contribution in [0.15, 0.2) is 47.4 Å². The molecule has 0 aromatic heterocycles. The molecule has 11 nitrogen and oxygen atoms in total. The molecule has 6 N–H and O–H groups in total. The van der Waals surface area contributed by atoms with Gasteiger partial charge in [-0.2, -0.15) is 4.72 Å². The number of amidine groups is 1. The van der Waals surface area contributed by atoms with Gasteiger partial charge in [0.25, 0.3) is 0 Å². The van der Waals surface area contributed by atoms with Gasteiger partial charge in [-0.05, 0) is 62.1 Å². The van der Waals surface area contributed by atoms with Gasteiger partial charge in [0.15, 0.2) is 5.75 Å². The van der Waals surface area contributed by atoms with E-state index in [1.54, 1.807) is 0 Å². The van der Waals surface area contributed by atoms with Gasteiger partial charge in [-0.25, -0.2) is 8.42 Å². The van der Waals surface area contributed by atoms with Gasteiger partial charge in [0, 0.05) is 30.8 Å². The first-order valence-corrected chi connectivity index (χ1v) is 12.9. The van der Waals surface area contributed by atoms with E-state index in [2.05, 4.69) is 14.9 Å². The lowest BCUT2D eigenvalue weighted by molar-refractivity contribution is -0.138. The number of nitrogens with one attached hydrogen (secondary N) is 3. The van der Waals surface area contributed by atoms with E-state index in [0.29, 0.717) is 5.56 Å². The summed E-state index contributed by atoms with van der Waals surface area (Å²) in [5, 5.41) is 19.3. The average Bonchev–Trinajstić information content (AvgIpc) is 2.84. The van der Waals surface area contributed by atoms with Crippen LogP contribution in [0.5, 0.6) is 5.75 Å². The summed E-state index contributed by atoms with van der Waals surface area (Å²) in [6, 6.07) is 10.4. The molecule has 1 heterocycles.